The predicted octanol–water partition coefficient (Wildman–Crippen LogP) is 3.61. The zero-order valence-electron chi connectivity index (χ0n) is 10.8. The van der Waals surface area contributed by atoms with Gasteiger partial charge in [0.15, 0.2) is 0 Å². The maximum absolute atomic E-state index is 12.6. The van der Waals surface area contributed by atoms with Gasteiger partial charge in [-0.3, -0.25) is 0 Å². The molecule has 1 N–H and O–H groups in total. The zero-order chi connectivity index (χ0) is 13.9. The molecule has 1 unspecified atom stereocenters. The van der Waals surface area contributed by atoms with Crippen molar-refractivity contribution in [1.29, 1.82) is 0 Å². The van der Waals surface area contributed by atoms with Gasteiger partial charge in [-0.1, -0.05) is 13.0 Å². The van der Waals surface area contributed by atoms with Crippen LogP contribution in [0.15, 0.2) is 24.3 Å². The maximum Gasteiger partial charge on any atom is 0.416 e. The van der Waals surface area contributed by atoms with Crippen molar-refractivity contribution in [2.24, 2.45) is 0 Å². The molecule has 0 saturated heterocycles. The summed E-state index contributed by atoms with van der Waals surface area (Å²) in [4.78, 5) is 0. The predicted molar refractivity (Wildman–Crippen MR) is 67.2 cm³/mol. The van der Waals surface area contributed by atoms with Crippen molar-refractivity contribution in [3.8, 4) is 5.75 Å². The van der Waals surface area contributed by atoms with Crippen LogP contribution in [-0.4, -0.2) is 18.7 Å². The summed E-state index contributed by atoms with van der Waals surface area (Å²) >= 11 is 0. The molecule has 1 aliphatic rings. The lowest BCUT2D eigenvalue weighted by atomic mass is 10.2. The molecule has 19 heavy (non-hydrogen) atoms. The fraction of sp³-hybridized carbons (Fsp3) is 0.571. The lowest BCUT2D eigenvalue weighted by molar-refractivity contribution is -0.137. The third-order valence-corrected chi connectivity index (χ3v) is 3.13. The Kier molecular flexibility index (Phi) is 4.34. The number of hydrogen-bond donors (Lipinski definition) is 1. The number of nitrogens with one attached hydrogen (secondary N) is 1. The van der Waals surface area contributed by atoms with Crippen LogP contribution in [0.4, 0.5) is 13.2 Å². The van der Waals surface area contributed by atoms with E-state index in [1.54, 1.807) is 6.07 Å². The van der Waals surface area contributed by atoms with E-state index in [0.29, 0.717) is 12.6 Å². The normalized spacial score (nSPS) is 17.3. The molecule has 1 aromatic rings. The first kappa shape index (κ1) is 14.2. The summed E-state index contributed by atoms with van der Waals surface area (Å²) in [5.41, 5.74) is -0.671. The van der Waals surface area contributed by atoms with Crippen molar-refractivity contribution in [1.82, 2.24) is 5.32 Å². The number of alkyl halides is 3. The van der Waals surface area contributed by atoms with Crippen LogP contribution in [0, 0.1) is 0 Å². The van der Waals surface area contributed by atoms with Gasteiger partial charge in [0.1, 0.15) is 11.9 Å². The van der Waals surface area contributed by atoms with Gasteiger partial charge < -0.3 is 10.1 Å². The maximum atomic E-state index is 12.6. The summed E-state index contributed by atoms with van der Waals surface area (Å²) in [6, 6.07) is 5.61. The minimum absolute atomic E-state index is 0.0934. The summed E-state index contributed by atoms with van der Waals surface area (Å²) in [5.74, 6) is 0.277. The Hall–Kier alpha value is -1.23. The monoisotopic (exact) mass is 273 g/mol. The van der Waals surface area contributed by atoms with Crippen molar-refractivity contribution < 1.29 is 17.9 Å². The van der Waals surface area contributed by atoms with E-state index < -0.39 is 11.7 Å². The minimum Gasteiger partial charge on any atom is -0.489 e. The molecular formula is C14H18F3NO. The van der Waals surface area contributed by atoms with Crippen LogP contribution in [0.1, 0.15) is 31.7 Å². The summed E-state index contributed by atoms with van der Waals surface area (Å²) in [6.45, 7) is 2.64. The average Bonchev–Trinajstić information content (AvgIpc) is 3.18. The Balaban J connectivity index is 1.95. The van der Waals surface area contributed by atoms with Gasteiger partial charge in [0.05, 0.1) is 5.56 Å². The molecule has 5 heteroatoms. The molecule has 0 amide bonds. The van der Waals surface area contributed by atoms with E-state index in [-0.39, 0.29) is 11.9 Å². The largest absolute Gasteiger partial charge is 0.489 e. The summed E-state index contributed by atoms with van der Waals surface area (Å²) in [7, 11) is 0. The molecule has 2 rings (SSSR count). The van der Waals surface area contributed by atoms with Crippen LogP contribution in [-0.2, 0) is 6.18 Å². The van der Waals surface area contributed by atoms with Crippen molar-refractivity contribution in [2.45, 2.75) is 44.5 Å². The third-order valence-electron chi connectivity index (χ3n) is 3.13. The van der Waals surface area contributed by atoms with E-state index in [2.05, 4.69) is 5.32 Å². The van der Waals surface area contributed by atoms with Crippen LogP contribution >= 0.6 is 0 Å². The van der Waals surface area contributed by atoms with Crippen molar-refractivity contribution in [2.75, 3.05) is 6.54 Å². The second-order valence-corrected chi connectivity index (χ2v) is 4.86. The standard InChI is InChI=1S/C14H18F3NO/c1-2-12(9-18-11-6-7-11)19-13-5-3-4-10(8-13)14(15,16)17/h3-5,8,11-12,18H,2,6-7,9H2,1H3. The van der Waals surface area contributed by atoms with Crippen molar-refractivity contribution >= 4 is 0 Å². The molecule has 1 saturated carbocycles. The molecule has 0 spiro atoms. The quantitative estimate of drug-likeness (QED) is 0.854. The first-order valence-electron chi connectivity index (χ1n) is 6.56. The highest BCUT2D eigenvalue weighted by Crippen LogP contribution is 2.31. The highest BCUT2D eigenvalue weighted by Gasteiger charge is 2.30. The first-order valence-corrected chi connectivity index (χ1v) is 6.56. The van der Waals surface area contributed by atoms with Gasteiger partial charge in [-0.15, -0.1) is 0 Å². The van der Waals surface area contributed by atoms with E-state index >= 15 is 0 Å². The smallest absolute Gasteiger partial charge is 0.416 e. The topological polar surface area (TPSA) is 21.3 Å². The Morgan fingerprint density at radius 3 is 2.68 bits per heavy atom. The van der Waals surface area contributed by atoms with Crippen molar-refractivity contribution in [3.63, 3.8) is 0 Å². The van der Waals surface area contributed by atoms with Gasteiger partial charge in [-0.05, 0) is 37.5 Å². The Morgan fingerprint density at radius 1 is 1.37 bits per heavy atom. The number of rotatable bonds is 6. The third kappa shape index (κ3) is 4.42. The van der Waals surface area contributed by atoms with E-state index in [0.717, 1.165) is 18.6 Å². The molecule has 0 heterocycles. The van der Waals surface area contributed by atoms with Gasteiger partial charge in [0.2, 0.25) is 0 Å². The molecular weight excluding hydrogens is 255 g/mol. The van der Waals surface area contributed by atoms with Gasteiger partial charge in [0.25, 0.3) is 0 Å². The van der Waals surface area contributed by atoms with Gasteiger partial charge in [0, 0.05) is 12.6 Å². The van der Waals surface area contributed by atoms with Crippen LogP contribution < -0.4 is 10.1 Å². The SMILES string of the molecule is CCC(CNC1CC1)Oc1cccc(C(F)(F)F)c1. The Morgan fingerprint density at radius 2 is 2.11 bits per heavy atom. The van der Waals surface area contributed by atoms with Crippen molar-refractivity contribution in [3.05, 3.63) is 29.8 Å². The second kappa shape index (κ2) is 5.82. The highest BCUT2D eigenvalue weighted by atomic mass is 19.4. The first-order chi connectivity index (χ1) is 8.99. The summed E-state index contributed by atoms with van der Waals surface area (Å²) in [6.07, 6.45) is -1.30. The molecule has 1 aromatic carbocycles. The van der Waals surface area contributed by atoms with E-state index in [1.165, 1.54) is 18.9 Å². The highest BCUT2D eigenvalue weighted by molar-refractivity contribution is 5.30. The molecule has 0 aromatic heterocycles. The van der Waals surface area contributed by atoms with E-state index in [4.69, 9.17) is 4.74 Å². The lowest BCUT2D eigenvalue weighted by Gasteiger charge is -2.19. The Bertz CT molecular complexity index is 415. The molecule has 1 atom stereocenters. The zero-order valence-corrected chi connectivity index (χ0v) is 10.8. The molecule has 0 aliphatic heterocycles. The molecule has 1 aliphatic carbocycles. The van der Waals surface area contributed by atoms with Crippen LogP contribution in [0.5, 0.6) is 5.75 Å². The number of ether oxygens (including phenoxy) is 1. The minimum atomic E-state index is -4.33. The fourth-order valence-electron chi connectivity index (χ4n) is 1.79. The van der Waals surface area contributed by atoms with Crippen LogP contribution in [0.2, 0.25) is 0 Å². The molecule has 0 bridgehead atoms. The average molecular weight is 273 g/mol. The molecule has 106 valence electrons. The van der Waals surface area contributed by atoms with Crippen LogP contribution in [0.25, 0.3) is 0 Å². The Labute approximate surface area is 111 Å². The van der Waals surface area contributed by atoms with E-state index in [9.17, 15) is 13.2 Å². The van der Waals surface area contributed by atoms with Gasteiger partial charge in [-0.25, -0.2) is 0 Å². The van der Waals surface area contributed by atoms with Gasteiger partial charge in [-0.2, -0.15) is 13.2 Å². The lowest BCUT2D eigenvalue weighted by Crippen LogP contribution is -2.32. The molecule has 2 nitrogen and oxygen atoms in total. The second-order valence-electron chi connectivity index (χ2n) is 4.86. The van der Waals surface area contributed by atoms with E-state index in [1.807, 2.05) is 6.92 Å². The molecule has 0 radical (unpaired) electrons. The number of halogens is 3. The molecule has 1 fully saturated rings. The summed E-state index contributed by atoms with van der Waals surface area (Å²) < 4.78 is 43.4. The fourth-order valence-corrected chi connectivity index (χ4v) is 1.79. The summed E-state index contributed by atoms with van der Waals surface area (Å²) in [5, 5.41) is 3.33. The van der Waals surface area contributed by atoms with Crippen LogP contribution in [0.3, 0.4) is 0 Å². The van der Waals surface area contributed by atoms with Gasteiger partial charge >= 0.3 is 6.18 Å². The number of hydrogen-bond acceptors (Lipinski definition) is 2. The number of benzene rings is 1.